The summed E-state index contributed by atoms with van der Waals surface area (Å²) in [6, 6.07) is 12.4. The van der Waals surface area contributed by atoms with Crippen LogP contribution < -0.4 is 0 Å². The molecule has 0 amide bonds. The van der Waals surface area contributed by atoms with E-state index in [1.165, 1.54) is 31.4 Å². The van der Waals surface area contributed by atoms with Gasteiger partial charge in [0.05, 0.1) is 15.9 Å². The highest BCUT2D eigenvalue weighted by molar-refractivity contribution is 7.86. The maximum Gasteiger partial charge on any atom is 0.297 e. The van der Waals surface area contributed by atoms with E-state index >= 15 is 0 Å². The van der Waals surface area contributed by atoms with Crippen LogP contribution in [0.4, 0.5) is 0 Å². The van der Waals surface area contributed by atoms with Crippen molar-refractivity contribution in [3.05, 3.63) is 59.7 Å². The van der Waals surface area contributed by atoms with Crippen molar-refractivity contribution in [3.63, 3.8) is 0 Å². The molecule has 0 aliphatic carbocycles. The van der Waals surface area contributed by atoms with Gasteiger partial charge in [-0.1, -0.05) is 29.8 Å². The third kappa shape index (κ3) is 4.96. The molecule has 1 N–H and O–H groups in total. The fourth-order valence-corrected chi connectivity index (χ4v) is 3.78. The first-order valence-electron chi connectivity index (χ1n) is 7.48. The average Bonchev–Trinajstić information content (AvgIpc) is 2.59. The Morgan fingerprint density at radius 2 is 1.76 bits per heavy atom. The largest absolute Gasteiger partial charge is 0.379 e. The Hall–Kier alpha value is -1.58. The predicted molar refractivity (Wildman–Crippen MR) is 94.1 cm³/mol. The summed E-state index contributed by atoms with van der Waals surface area (Å²) < 4.78 is 56.3. The van der Waals surface area contributed by atoms with Crippen molar-refractivity contribution >= 4 is 21.2 Å². The van der Waals surface area contributed by atoms with Gasteiger partial charge in [-0.05, 0) is 43.7 Å². The van der Waals surface area contributed by atoms with Gasteiger partial charge >= 0.3 is 0 Å². The molecule has 2 aromatic carbocycles. The molecule has 25 heavy (non-hydrogen) atoms. The summed E-state index contributed by atoms with van der Waals surface area (Å²) in [4.78, 5) is 0.190. The minimum Gasteiger partial charge on any atom is -0.379 e. The molecular formula is C17H20O6S2. The summed E-state index contributed by atoms with van der Waals surface area (Å²) in [5.41, 5.74) is 1.36. The van der Waals surface area contributed by atoms with E-state index in [-0.39, 0.29) is 9.79 Å². The van der Waals surface area contributed by atoms with Crippen LogP contribution in [0.5, 0.6) is 0 Å². The molecule has 0 aromatic heterocycles. The normalized spacial score (nSPS) is 15.5. The first-order chi connectivity index (χ1) is 11.7. The summed E-state index contributed by atoms with van der Waals surface area (Å²) in [5.74, 6) is 0. The number of hydrogen-bond donors (Lipinski definition) is 1. The SMILES string of the molecule is COC(C)C(OS(=O)(=O)c1ccc(C)cc1)c1cccc(S(=O)O)c1. The monoisotopic (exact) mass is 384 g/mol. The second-order valence-corrected chi connectivity index (χ2v) is 8.09. The predicted octanol–water partition coefficient (Wildman–Crippen LogP) is 3.06. The van der Waals surface area contributed by atoms with E-state index in [4.69, 9.17) is 8.92 Å². The van der Waals surface area contributed by atoms with Crippen molar-refractivity contribution in [2.24, 2.45) is 0 Å². The highest BCUT2D eigenvalue weighted by Crippen LogP contribution is 2.29. The van der Waals surface area contributed by atoms with Crippen LogP contribution in [-0.2, 0) is 30.1 Å². The van der Waals surface area contributed by atoms with Gasteiger partial charge in [0, 0.05) is 7.11 Å². The van der Waals surface area contributed by atoms with Gasteiger partial charge in [-0.15, -0.1) is 0 Å². The molecule has 0 fully saturated rings. The second kappa shape index (κ2) is 8.20. The number of rotatable bonds is 7. The van der Waals surface area contributed by atoms with Crippen LogP contribution in [-0.4, -0.2) is 30.4 Å². The number of methoxy groups -OCH3 is 1. The lowest BCUT2D eigenvalue weighted by Crippen LogP contribution is -2.23. The molecule has 0 bridgehead atoms. The van der Waals surface area contributed by atoms with E-state index in [9.17, 15) is 17.2 Å². The molecule has 3 atom stereocenters. The Kier molecular flexibility index (Phi) is 6.47. The van der Waals surface area contributed by atoms with Gasteiger partial charge in [-0.3, -0.25) is 4.18 Å². The van der Waals surface area contributed by atoms with E-state index in [1.807, 2.05) is 6.92 Å². The molecule has 0 saturated heterocycles. The molecule has 0 aliphatic heterocycles. The number of benzene rings is 2. The Labute approximate surface area is 150 Å². The lowest BCUT2D eigenvalue weighted by molar-refractivity contribution is 0.0159. The number of hydrogen-bond acceptors (Lipinski definition) is 5. The molecule has 3 unspecified atom stereocenters. The molecule has 0 saturated carbocycles. The molecule has 0 heterocycles. The number of ether oxygens (including phenoxy) is 1. The van der Waals surface area contributed by atoms with Crippen LogP contribution in [0.3, 0.4) is 0 Å². The molecule has 136 valence electrons. The van der Waals surface area contributed by atoms with E-state index in [2.05, 4.69) is 0 Å². The third-order valence-electron chi connectivity index (χ3n) is 3.73. The van der Waals surface area contributed by atoms with Crippen molar-refractivity contribution in [1.29, 1.82) is 0 Å². The van der Waals surface area contributed by atoms with Crippen LogP contribution in [0.25, 0.3) is 0 Å². The lowest BCUT2D eigenvalue weighted by atomic mass is 10.1. The average molecular weight is 384 g/mol. The summed E-state index contributed by atoms with van der Waals surface area (Å²) in [7, 11) is -2.59. The lowest BCUT2D eigenvalue weighted by Gasteiger charge is -2.23. The van der Waals surface area contributed by atoms with Crippen molar-refractivity contribution in [2.75, 3.05) is 7.11 Å². The van der Waals surface area contributed by atoms with Crippen molar-refractivity contribution in [2.45, 2.75) is 35.8 Å². The molecule has 2 aromatic rings. The minimum atomic E-state index is -4.03. The smallest absolute Gasteiger partial charge is 0.297 e. The van der Waals surface area contributed by atoms with Gasteiger partial charge in [0.1, 0.15) is 6.10 Å². The number of aryl methyl sites for hydroxylation is 1. The summed E-state index contributed by atoms with van der Waals surface area (Å²) >= 11 is -2.18. The topological polar surface area (TPSA) is 89.9 Å². The molecular weight excluding hydrogens is 364 g/mol. The zero-order valence-corrected chi connectivity index (χ0v) is 15.7. The summed E-state index contributed by atoms with van der Waals surface area (Å²) in [6.45, 7) is 3.52. The van der Waals surface area contributed by atoms with Gasteiger partial charge in [-0.2, -0.15) is 8.42 Å². The zero-order chi connectivity index (χ0) is 18.6. The van der Waals surface area contributed by atoms with Gasteiger partial charge in [0.25, 0.3) is 10.1 Å². The minimum absolute atomic E-state index is 0.0355. The van der Waals surface area contributed by atoms with Gasteiger partial charge in [0.2, 0.25) is 0 Å². The summed E-state index contributed by atoms with van der Waals surface area (Å²) in [6.07, 6.45) is -1.55. The first-order valence-corrected chi connectivity index (χ1v) is 9.99. The fraction of sp³-hybridized carbons (Fsp3) is 0.294. The van der Waals surface area contributed by atoms with E-state index in [0.29, 0.717) is 5.56 Å². The van der Waals surface area contributed by atoms with Crippen LogP contribution in [0.2, 0.25) is 0 Å². The van der Waals surface area contributed by atoms with Crippen LogP contribution in [0, 0.1) is 6.92 Å². The molecule has 0 spiro atoms. The third-order valence-corrected chi connectivity index (χ3v) is 5.69. The highest BCUT2D eigenvalue weighted by atomic mass is 32.2. The van der Waals surface area contributed by atoms with Crippen LogP contribution >= 0.6 is 0 Å². The van der Waals surface area contributed by atoms with Gasteiger partial charge < -0.3 is 9.29 Å². The Bertz CT molecular complexity index is 846. The summed E-state index contributed by atoms with van der Waals surface area (Å²) in [5, 5.41) is 0. The Balaban J connectivity index is 2.40. The fourth-order valence-electron chi connectivity index (χ4n) is 2.23. The maximum absolute atomic E-state index is 12.6. The molecule has 8 heteroatoms. The van der Waals surface area contributed by atoms with Crippen molar-refractivity contribution < 1.29 is 26.1 Å². The Morgan fingerprint density at radius 1 is 1.12 bits per heavy atom. The van der Waals surface area contributed by atoms with Crippen LogP contribution in [0.15, 0.2) is 58.3 Å². The van der Waals surface area contributed by atoms with Gasteiger partial charge in [0.15, 0.2) is 11.1 Å². The molecule has 0 aliphatic rings. The quantitative estimate of drug-likeness (QED) is 0.583. The molecule has 2 rings (SSSR count). The van der Waals surface area contributed by atoms with E-state index in [0.717, 1.165) is 5.56 Å². The van der Waals surface area contributed by atoms with Crippen LogP contribution in [0.1, 0.15) is 24.2 Å². The standard InChI is InChI=1S/C17H20O6S2/c1-12-7-9-16(10-8-12)25(20,21)23-17(13(2)22-3)14-5-4-6-15(11-14)24(18)19/h4-11,13,17H,1-3H3,(H,18,19). The highest BCUT2D eigenvalue weighted by Gasteiger charge is 2.28. The molecule has 6 nitrogen and oxygen atoms in total. The first kappa shape index (κ1) is 19.7. The van der Waals surface area contributed by atoms with Crippen molar-refractivity contribution in [1.82, 2.24) is 0 Å². The second-order valence-electron chi connectivity index (χ2n) is 5.55. The van der Waals surface area contributed by atoms with Gasteiger partial charge in [-0.25, -0.2) is 4.21 Å². The zero-order valence-electron chi connectivity index (χ0n) is 14.1. The Morgan fingerprint density at radius 3 is 2.32 bits per heavy atom. The van der Waals surface area contributed by atoms with E-state index in [1.54, 1.807) is 31.2 Å². The van der Waals surface area contributed by atoms with E-state index < -0.39 is 33.4 Å². The van der Waals surface area contributed by atoms with Crippen molar-refractivity contribution in [3.8, 4) is 0 Å². The maximum atomic E-state index is 12.6. The molecule has 0 radical (unpaired) electrons.